The maximum Gasteiger partial charge on any atom is 0.307 e. The van der Waals surface area contributed by atoms with Crippen molar-refractivity contribution >= 4 is 29.2 Å². The summed E-state index contributed by atoms with van der Waals surface area (Å²) in [6, 6.07) is 21.9. The zero-order valence-electron chi connectivity index (χ0n) is 25.0. The molecule has 9 heteroatoms. The molecule has 2 heterocycles. The van der Waals surface area contributed by atoms with Gasteiger partial charge in [-0.1, -0.05) is 48.5 Å². The number of piperidine rings is 1. The predicted octanol–water partition coefficient (Wildman–Crippen LogP) is 4.63. The SMILES string of the molecule is COCCCN1C(=O)COc2ccc(N(C(=O)[C@H]3CNCC[C@@H]3c3cccc(-c4ccc(CC(=O)O)cc4)c3)C3CC3)cc21. The van der Waals surface area contributed by atoms with Crippen LogP contribution in [0.1, 0.15) is 42.7 Å². The molecule has 2 fully saturated rings. The van der Waals surface area contributed by atoms with Crippen molar-refractivity contribution in [3.63, 3.8) is 0 Å². The predicted molar refractivity (Wildman–Crippen MR) is 168 cm³/mol. The Balaban J connectivity index is 1.27. The van der Waals surface area contributed by atoms with E-state index in [9.17, 15) is 14.4 Å². The van der Waals surface area contributed by atoms with Crippen molar-refractivity contribution in [2.24, 2.45) is 5.92 Å². The number of carbonyl (C=O) groups is 3. The van der Waals surface area contributed by atoms with Gasteiger partial charge in [-0.3, -0.25) is 14.4 Å². The molecule has 3 aromatic carbocycles. The molecule has 44 heavy (non-hydrogen) atoms. The standard InChI is InChI=1S/C35H39N3O6/c1-43-17-3-16-37-31-20-28(12-13-32(31)44-22-33(37)39)38(27-10-11-27)35(42)30-21-36-15-14-29(30)26-5-2-4-25(19-26)24-8-6-23(7-9-24)18-34(40)41/h2,4-9,12-13,19-20,27,29-30,36H,3,10-11,14-18,21-22H2,1H3,(H,40,41)/t29-,30+/m1/s1. The van der Waals surface area contributed by atoms with E-state index in [2.05, 4.69) is 23.5 Å². The van der Waals surface area contributed by atoms with Crippen molar-refractivity contribution in [3.05, 3.63) is 77.9 Å². The lowest BCUT2D eigenvalue weighted by atomic mass is 9.79. The second-order valence-corrected chi connectivity index (χ2v) is 11.9. The van der Waals surface area contributed by atoms with Crippen LogP contribution in [0.4, 0.5) is 11.4 Å². The lowest BCUT2D eigenvalue weighted by Crippen LogP contribution is -2.47. The molecule has 2 aliphatic heterocycles. The van der Waals surface area contributed by atoms with Crippen molar-refractivity contribution in [2.75, 3.05) is 49.8 Å². The highest BCUT2D eigenvalue weighted by molar-refractivity contribution is 6.01. The number of aliphatic carboxylic acids is 1. The van der Waals surface area contributed by atoms with Crippen LogP contribution in [0.2, 0.25) is 0 Å². The van der Waals surface area contributed by atoms with E-state index >= 15 is 0 Å². The number of carboxylic acid groups (broad SMARTS) is 1. The van der Waals surface area contributed by atoms with E-state index in [4.69, 9.17) is 14.6 Å². The van der Waals surface area contributed by atoms with Gasteiger partial charge < -0.3 is 29.7 Å². The number of carboxylic acids is 1. The molecule has 1 saturated carbocycles. The normalized spacial score (nSPS) is 19.7. The number of methoxy groups -OCH3 is 1. The maximum absolute atomic E-state index is 14.5. The number of carbonyl (C=O) groups excluding carboxylic acids is 2. The Labute approximate surface area is 257 Å². The summed E-state index contributed by atoms with van der Waals surface area (Å²) in [5, 5.41) is 12.6. The van der Waals surface area contributed by atoms with E-state index in [0.29, 0.717) is 37.6 Å². The van der Waals surface area contributed by atoms with Crippen LogP contribution in [0.25, 0.3) is 11.1 Å². The summed E-state index contributed by atoms with van der Waals surface area (Å²) in [6.07, 6.45) is 3.45. The van der Waals surface area contributed by atoms with Gasteiger partial charge in [-0.15, -0.1) is 0 Å². The first-order valence-electron chi connectivity index (χ1n) is 15.4. The van der Waals surface area contributed by atoms with Gasteiger partial charge in [0, 0.05) is 38.5 Å². The monoisotopic (exact) mass is 597 g/mol. The number of rotatable bonds is 11. The van der Waals surface area contributed by atoms with E-state index in [0.717, 1.165) is 53.7 Å². The molecule has 2 amide bonds. The molecule has 3 aliphatic rings. The second kappa shape index (κ2) is 13.2. The summed E-state index contributed by atoms with van der Waals surface area (Å²) in [5.41, 5.74) is 5.44. The molecule has 2 atom stereocenters. The van der Waals surface area contributed by atoms with E-state index in [1.54, 1.807) is 12.0 Å². The first kappa shape index (κ1) is 29.8. The van der Waals surface area contributed by atoms with E-state index in [1.807, 2.05) is 53.4 Å². The zero-order chi connectivity index (χ0) is 30.6. The molecule has 9 nitrogen and oxygen atoms in total. The summed E-state index contributed by atoms with van der Waals surface area (Å²) in [7, 11) is 1.65. The van der Waals surface area contributed by atoms with E-state index < -0.39 is 5.97 Å². The van der Waals surface area contributed by atoms with Gasteiger partial charge in [0.1, 0.15) is 5.75 Å². The van der Waals surface area contributed by atoms with Crippen LogP contribution in [0.3, 0.4) is 0 Å². The molecule has 0 aromatic heterocycles. The summed E-state index contributed by atoms with van der Waals surface area (Å²) < 4.78 is 10.9. The van der Waals surface area contributed by atoms with Gasteiger partial charge >= 0.3 is 5.97 Å². The zero-order valence-corrected chi connectivity index (χ0v) is 25.0. The smallest absolute Gasteiger partial charge is 0.307 e. The molecule has 0 radical (unpaired) electrons. The molecule has 0 bridgehead atoms. The number of benzene rings is 3. The Bertz CT molecular complexity index is 1520. The molecule has 3 aromatic rings. The molecule has 0 unspecified atom stereocenters. The Hall–Kier alpha value is -4.21. The number of ether oxygens (including phenoxy) is 2. The minimum atomic E-state index is -0.849. The van der Waals surface area contributed by atoms with Crippen LogP contribution in [0.5, 0.6) is 5.75 Å². The average molecular weight is 598 g/mol. The summed E-state index contributed by atoms with van der Waals surface area (Å²) in [4.78, 5) is 42.1. The van der Waals surface area contributed by atoms with Gasteiger partial charge in [-0.2, -0.15) is 0 Å². The molecule has 2 N–H and O–H groups in total. The fourth-order valence-electron chi connectivity index (χ4n) is 6.44. The Kier molecular flexibility index (Phi) is 8.95. The van der Waals surface area contributed by atoms with Crippen molar-refractivity contribution in [2.45, 2.75) is 44.1 Å². The van der Waals surface area contributed by atoms with Gasteiger partial charge in [0.2, 0.25) is 5.91 Å². The number of anilines is 2. The fraction of sp³-hybridized carbons (Fsp3) is 0.400. The molecule has 1 saturated heterocycles. The number of amides is 2. The molecular weight excluding hydrogens is 558 g/mol. The number of nitrogens with zero attached hydrogens (tertiary/aromatic N) is 2. The van der Waals surface area contributed by atoms with Crippen molar-refractivity contribution in [1.29, 1.82) is 0 Å². The highest BCUT2D eigenvalue weighted by Gasteiger charge is 2.41. The van der Waals surface area contributed by atoms with Gasteiger partial charge in [0.25, 0.3) is 5.91 Å². The Morgan fingerprint density at radius 1 is 1.05 bits per heavy atom. The molecule has 0 spiro atoms. The van der Waals surface area contributed by atoms with Gasteiger partial charge in [0.05, 0.1) is 18.0 Å². The number of nitrogens with one attached hydrogen (secondary N) is 1. The van der Waals surface area contributed by atoms with E-state index in [1.165, 1.54) is 0 Å². The quantitative estimate of drug-likeness (QED) is 0.310. The molecule has 1 aliphatic carbocycles. The highest BCUT2D eigenvalue weighted by Crippen LogP contribution is 2.42. The highest BCUT2D eigenvalue weighted by atomic mass is 16.5. The largest absolute Gasteiger partial charge is 0.482 e. The molecular formula is C35H39N3O6. The van der Waals surface area contributed by atoms with E-state index in [-0.39, 0.29) is 42.7 Å². The van der Waals surface area contributed by atoms with Crippen LogP contribution < -0.4 is 19.9 Å². The number of hydrogen-bond donors (Lipinski definition) is 2. The van der Waals surface area contributed by atoms with Crippen LogP contribution in [-0.2, 0) is 25.5 Å². The third-order valence-corrected chi connectivity index (χ3v) is 8.80. The van der Waals surface area contributed by atoms with Crippen LogP contribution in [0, 0.1) is 5.92 Å². The Morgan fingerprint density at radius 2 is 1.86 bits per heavy atom. The van der Waals surface area contributed by atoms with Crippen molar-refractivity contribution < 1.29 is 29.0 Å². The lowest BCUT2D eigenvalue weighted by Gasteiger charge is -2.36. The minimum absolute atomic E-state index is 0.00389. The second-order valence-electron chi connectivity index (χ2n) is 11.9. The van der Waals surface area contributed by atoms with Crippen LogP contribution >= 0.6 is 0 Å². The number of fused-ring (bicyclic) bond motifs is 1. The first-order valence-corrected chi connectivity index (χ1v) is 15.4. The third kappa shape index (κ3) is 6.49. The fourth-order valence-corrected chi connectivity index (χ4v) is 6.44. The third-order valence-electron chi connectivity index (χ3n) is 8.80. The topological polar surface area (TPSA) is 108 Å². The van der Waals surface area contributed by atoms with Gasteiger partial charge in [-0.05, 0) is 78.6 Å². The average Bonchev–Trinajstić information content (AvgIpc) is 3.88. The van der Waals surface area contributed by atoms with Gasteiger partial charge in [0.15, 0.2) is 6.61 Å². The first-order chi connectivity index (χ1) is 21.4. The van der Waals surface area contributed by atoms with Crippen LogP contribution in [0.15, 0.2) is 66.7 Å². The Morgan fingerprint density at radius 3 is 2.61 bits per heavy atom. The van der Waals surface area contributed by atoms with Crippen molar-refractivity contribution in [3.8, 4) is 16.9 Å². The minimum Gasteiger partial charge on any atom is -0.482 e. The molecule has 230 valence electrons. The number of hydrogen-bond acceptors (Lipinski definition) is 6. The summed E-state index contributed by atoms with van der Waals surface area (Å²) >= 11 is 0. The van der Waals surface area contributed by atoms with Gasteiger partial charge in [-0.25, -0.2) is 0 Å². The summed E-state index contributed by atoms with van der Waals surface area (Å²) in [6.45, 7) is 2.51. The lowest BCUT2D eigenvalue weighted by molar-refractivity contribution is -0.136. The molecule has 6 rings (SSSR count). The maximum atomic E-state index is 14.5. The van der Waals surface area contributed by atoms with Crippen molar-refractivity contribution in [1.82, 2.24) is 5.32 Å². The van der Waals surface area contributed by atoms with Crippen LogP contribution in [-0.4, -0.2) is 68.9 Å². The summed E-state index contributed by atoms with van der Waals surface area (Å²) in [5.74, 6) is -0.393.